The van der Waals surface area contributed by atoms with Gasteiger partial charge < -0.3 is 40.2 Å². The predicted molar refractivity (Wildman–Crippen MR) is 143 cm³/mol. The van der Waals surface area contributed by atoms with Gasteiger partial charge in [-0.15, -0.1) is 0 Å². The molecule has 0 radical (unpaired) electrons. The van der Waals surface area contributed by atoms with E-state index in [1.807, 2.05) is 0 Å². The highest BCUT2D eigenvalue weighted by Gasteiger charge is 2.25. The zero-order chi connectivity index (χ0) is 29.0. The van der Waals surface area contributed by atoms with Gasteiger partial charge in [0, 0.05) is 32.6 Å². The summed E-state index contributed by atoms with van der Waals surface area (Å²) in [5, 5.41) is 17.1. The first kappa shape index (κ1) is 34.2. The second-order valence-electron chi connectivity index (χ2n) is 11.3. The van der Waals surface area contributed by atoms with Crippen molar-refractivity contribution >= 4 is 41.5 Å². The van der Waals surface area contributed by atoms with E-state index in [-0.39, 0.29) is 39.0 Å². The first-order valence-corrected chi connectivity index (χ1v) is 12.5. The van der Waals surface area contributed by atoms with Crippen molar-refractivity contribution in [1.29, 1.82) is 0 Å². The first-order chi connectivity index (χ1) is 16.7. The number of carboxylic acids is 1. The number of carbonyl (C=O) groups is 4. The van der Waals surface area contributed by atoms with Crippen LogP contribution in [0.25, 0.3) is 0 Å². The molecule has 0 unspecified atom stereocenters. The molecule has 0 aromatic rings. The monoisotopic (exact) mass is 548 g/mol. The lowest BCUT2D eigenvalue weighted by Crippen LogP contribution is -2.45. The highest BCUT2D eigenvalue weighted by Crippen LogP contribution is 2.10. The minimum Gasteiger partial charge on any atom is -0.480 e. The molecule has 0 rings (SSSR count). The molecule has 0 bridgehead atoms. The van der Waals surface area contributed by atoms with Crippen LogP contribution in [0.15, 0.2) is 0 Å². The van der Waals surface area contributed by atoms with Crippen LogP contribution in [0.3, 0.4) is 0 Å². The number of alkyl carbamates (subject to hydrolysis) is 3. The molecule has 0 aliphatic carbocycles. The molecule has 0 aromatic carbocycles. The number of amides is 3. The maximum atomic E-state index is 12.0. The lowest BCUT2D eigenvalue weighted by molar-refractivity contribution is -0.139. The summed E-state index contributed by atoms with van der Waals surface area (Å²) in [7, 11) is 0. The minimum atomic E-state index is -1.22. The molecule has 12 nitrogen and oxygen atoms in total. The van der Waals surface area contributed by atoms with Gasteiger partial charge in [-0.1, -0.05) is 12.2 Å². The molecular formula is C24H44N4O8S. The van der Waals surface area contributed by atoms with Crippen molar-refractivity contribution in [2.24, 2.45) is 0 Å². The summed E-state index contributed by atoms with van der Waals surface area (Å²) in [6.07, 6.45) is -1.84. The number of rotatable bonds is 11. The number of thiocarbonyl (C=S) groups is 1. The van der Waals surface area contributed by atoms with E-state index in [4.69, 9.17) is 26.4 Å². The summed E-state index contributed by atoms with van der Waals surface area (Å²) >= 11 is 5.52. The summed E-state index contributed by atoms with van der Waals surface area (Å²) in [6.45, 7) is 16.5. The van der Waals surface area contributed by atoms with Crippen LogP contribution >= 0.6 is 12.2 Å². The molecule has 0 aliphatic rings. The topological polar surface area (TPSA) is 156 Å². The second kappa shape index (κ2) is 14.8. The Kier molecular flexibility index (Phi) is 13.7. The molecule has 0 saturated heterocycles. The van der Waals surface area contributed by atoms with Gasteiger partial charge in [0.25, 0.3) is 0 Å². The number of carbonyl (C=O) groups excluding carboxylic acids is 3. The van der Waals surface area contributed by atoms with E-state index < -0.39 is 47.1 Å². The van der Waals surface area contributed by atoms with E-state index in [0.717, 1.165) is 0 Å². The number of carboxylic acid groups (broad SMARTS) is 1. The van der Waals surface area contributed by atoms with Gasteiger partial charge in [0.1, 0.15) is 22.8 Å². The van der Waals surface area contributed by atoms with Crippen molar-refractivity contribution in [3.05, 3.63) is 0 Å². The van der Waals surface area contributed by atoms with Crippen LogP contribution in [0.2, 0.25) is 0 Å². The highest BCUT2D eigenvalue weighted by atomic mass is 32.1. The van der Waals surface area contributed by atoms with Crippen molar-refractivity contribution in [3.8, 4) is 0 Å². The standard InChI is InChI=1S/C24H44N4O8S/c1-22(2,3)34-19(31)25-12-14-28(15-13-26-20(32)35-23(4,5)6)17(37)11-10-16(18(29)30)27-21(33)36-24(7,8)9/h16H,10-15H2,1-9H3,(H,25,31)(H,26,32)(H,27,33)(H,29,30)/t16-/m0/s1. The van der Waals surface area contributed by atoms with Crippen LogP contribution in [0, 0.1) is 0 Å². The molecule has 0 fully saturated rings. The number of ether oxygens (including phenoxy) is 3. The van der Waals surface area contributed by atoms with E-state index in [9.17, 15) is 24.3 Å². The van der Waals surface area contributed by atoms with Crippen molar-refractivity contribution in [3.63, 3.8) is 0 Å². The van der Waals surface area contributed by atoms with Crippen molar-refractivity contribution in [1.82, 2.24) is 20.9 Å². The third-order valence-electron chi connectivity index (χ3n) is 4.09. The van der Waals surface area contributed by atoms with Crippen molar-refractivity contribution < 1.29 is 38.5 Å². The smallest absolute Gasteiger partial charge is 0.408 e. The lowest BCUT2D eigenvalue weighted by atomic mass is 10.1. The number of aliphatic carboxylic acids is 1. The van der Waals surface area contributed by atoms with E-state index >= 15 is 0 Å². The molecule has 0 saturated carbocycles. The van der Waals surface area contributed by atoms with E-state index in [0.29, 0.717) is 4.99 Å². The molecule has 3 amide bonds. The minimum absolute atomic E-state index is 0.0168. The molecule has 4 N–H and O–H groups in total. The van der Waals surface area contributed by atoms with Gasteiger partial charge in [0.2, 0.25) is 0 Å². The van der Waals surface area contributed by atoms with Gasteiger partial charge in [0.15, 0.2) is 0 Å². The maximum absolute atomic E-state index is 12.0. The molecule has 37 heavy (non-hydrogen) atoms. The van der Waals surface area contributed by atoms with Crippen LogP contribution < -0.4 is 16.0 Å². The fraction of sp³-hybridized carbons (Fsp3) is 0.792. The largest absolute Gasteiger partial charge is 0.480 e. The fourth-order valence-electron chi connectivity index (χ4n) is 2.71. The Morgan fingerprint density at radius 3 is 1.49 bits per heavy atom. The van der Waals surface area contributed by atoms with Gasteiger partial charge in [-0.2, -0.15) is 0 Å². The molecule has 1 atom stereocenters. The quantitative estimate of drug-likeness (QED) is 0.223. The highest BCUT2D eigenvalue weighted by molar-refractivity contribution is 7.80. The SMILES string of the molecule is CC(C)(C)OC(=O)NCCN(CCNC(=O)OC(C)(C)C)C(=S)CC[C@H](NC(=O)OC(C)(C)C)C(=O)O. The van der Waals surface area contributed by atoms with Crippen molar-refractivity contribution in [2.45, 2.75) is 98.0 Å². The third-order valence-corrected chi connectivity index (χ3v) is 4.55. The van der Waals surface area contributed by atoms with Crippen LogP contribution in [0.1, 0.15) is 75.2 Å². The lowest BCUT2D eigenvalue weighted by Gasteiger charge is -2.27. The molecule has 0 aromatic heterocycles. The van der Waals surface area contributed by atoms with Crippen molar-refractivity contribution in [2.75, 3.05) is 26.2 Å². The zero-order valence-electron chi connectivity index (χ0n) is 23.5. The summed E-state index contributed by atoms with van der Waals surface area (Å²) in [4.78, 5) is 49.7. The van der Waals surface area contributed by atoms with Gasteiger partial charge in [-0.3, -0.25) is 0 Å². The van der Waals surface area contributed by atoms with Gasteiger partial charge in [-0.25, -0.2) is 19.2 Å². The summed E-state index contributed by atoms with van der Waals surface area (Å²) < 4.78 is 15.6. The Bertz CT molecular complexity index is 766. The molecule has 13 heteroatoms. The average molecular weight is 549 g/mol. The average Bonchev–Trinajstić information content (AvgIpc) is 2.65. The number of nitrogens with one attached hydrogen (secondary N) is 3. The fourth-order valence-corrected chi connectivity index (χ4v) is 3.01. The normalized spacial score (nSPS) is 12.6. The van der Waals surface area contributed by atoms with Gasteiger partial charge in [0.05, 0.1) is 4.99 Å². The number of hydrogen-bond donors (Lipinski definition) is 4. The Hall–Kier alpha value is -2.83. The summed E-state index contributed by atoms with van der Waals surface area (Å²) in [5.41, 5.74) is -2.08. The Balaban J connectivity index is 5.11. The number of nitrogens with zero attached hydrogens (tertiary/aromatic N) is 1. The number of hydrogen-bond acceptors (Lipinski definition) is 8. The first-order valence-electron chi connectivity index (χ1n) is 12.1. The zero-order valence-corrected chi connectivity index (χ0v) is 24.3. The molecule has 0 heterocycles. The van der Waals surface area contributed by atoms with Crippen LogP contribution in [-0.2, 0) is 19.0 Å². The Labute approximate surface area is 225 Å². The summed E-state index contributed by atoms with van der Waals surface area (Å²) in [5.74, 6) is -1.22. The Morgan fingerprint density at radius 1 is 0.757 bits per heavy atom. The molecule has 0 spiro atoms. The van der Waals surface area contributed by atoms with Gasteiger partial charge in [-0.05, 0) is 68.7 Å². The second-order valence-corrected chi connectivity index (χ2v) is 11.8. The van der Waals surface area contributed by atoms with Crippen LogP contribution in [0.5, 0.6) is 0 Å². The van der Waals surface area contributed by atoms with Crippen LogP contribution in [0.4, 0.5) is 14.4 Å². The molecule has 0 aliphatic heterocycles. The van der Waals surface area contributed by atoms with Gasteiger partial charge >= 0.3 is 24.2 Å². The molecular weight excluding hydrogens is 504 g/mol. The third kappa shape index (κ3) is 19.0. The van der Waals surface area contributed by atoms with E-state index in [1.54, 1.807) is 67.2 Å². The van der Waals surface area contributed by atoms with E-state index in [2.05, 4.69) is 16.0 Å². The van der Waals surface area contributed by atoms with Crippen LogP contribution in [-0.4, -0.2) is 88.3 Å². The summed E-state index contributed by atoms with van der Waals surface area (Å²) in [6, 6.07) is -1.21. The Morgan fingerprint density at radius 2 is 1.14 bits per heavy atom. The maximum Gasteiger partial charge on any atom is 0.408 e. The molecule has 214 valence electrons. The van der Waals surface area contributed by atoms with E-state index in [1.165, 1.54) is 0 Å². The predicted octanol–water partition coefficient (Wildman–Crippen LogP) is 3.42.